The number of Topliss-reactive ketones (excluding diaryl/α,β-unsaturated/α-hetero) is 1. The first-order chi connectivity index (χ1) is 6.02. The highest BCUT2D eigenvalue weighted by Crippen LogP contribution is 2.23. The molecule has 0 aliphatic carbocycles. The third-order valence-electron chi connectivity index (χ3n) is 2.80. The van der Waals surface area contributed by atoms with E-state index in [9.17, 15) is 9.59 Å². The van der Waals surface area contributed by atoms with Crippen molar-refractivity contribution in [1.82, 2.24) is 4.90 Å². The van der Waals surface area contributed by atoms with Gasteiger partial charge in [0.05, 0.1) is 0 Å². The van der Waals surface area contributed by atoms with Crippen molar-refractivity contribution in [3.05, 3.63) is 0 Å². The molecule has 0 radical (unpaired) electrons. The summed E-state index contributed by atoms with van der Waals surface area (Å²) < 4.78 is 0. The number of carbonyl (C=O) groups excluding carboxylic acids is 2. The Bertz CT molecular complexity index is 225. The van der Waals surface area contributed by atoms with Crippen molar-refractivity contribution in [2.45, 2.75) is 27.2 Å². The maximum Gasteiger partial charge on any atom is 0.225 e. The molecule has 3 nitrogen and oxygen atoms in total. The molecule has 1 fully saturated rings. The fraction of sp³-hybridized carbons (Fsp3) is 0.800. The number of carbonyl (C=O) groups is 2. The SMILES string of the molecule is CC(=O)CCN1CC(C)C(C)C1=O. The average molecular weight is 183 g/mol. The minimum Gasteiger partial charge on any atom is -0.342 e. The number of likely N-dealkylation sites (tertiary alicyclic amines) is 1. The van der Waals surface area contributed by atoms with Crippen molar-refractivity contribution in [2.24, 2.45) is 11.8 Å². The molecule has 1 amide bonds. The first-order valence-corrected chi connectivity index (χ1v) is 4.80. The smallest absolute Gasteiger partial charge is 0.225 e. The topological polar surface area (TPSA) is 37.4 Å². The van der Waals surface area contributed by atoms with Gasteiger partial charge in [0.1, 0.15) is 5.78 Å². The maximum atomic E-state index is 11.5. The van der Waals surface area contributed by atoms with E-state index in [1.807, 2.05) is 6.92 Å². The highest BCUT2D eigenvalue weighted by Gasteiger charge is 2.33. The van der Waals surface area contributed by atoms with Gasteiger partial charge in [0.15, 0.2) is 0 Å². The van der Waals surface area contributed by atoms with E-state index in [0.717, 1.165) is 6.54 Å². The van der Waals surface area contributed by atoms with Crippen LogP contribution in [0.5, 0.6) is 0 Å². The van der Waals surface area contributed by atoms with Crippen LogP contribution in [0.2, 0.25) is 0 Å². The van der Waals surface area contributed by atoms with E-state index in [1.165, 1.54) is 0 Å². The molecule has 0 aromatic carbocycles. The van der Waals surface area contributed by atoms with Crippen LogP contribution in [0, 0.1) is 11.8 Å². The number of amides is 1. The summed E-state index contributed by atoms with van der Waals surface area (Å²) in [7, 11) is 0. The highest BCUT2D eigenvalue weighted by atomic mass is 16.2. The van der Waals surface area contributed by atoms with Crippen molar-refractivity contribution in [1.29, 1.82) is 0 Å². The zero-order chi connectivity index (χ0) is 10.0. The van der Waals surface area contributed by atoms with E-state index in [2.05, 4.69) is 6.92 Å². The Morgan fingerprint density at radius 3 is 2.54 bits per heavy atom. The second-order valence-corrected chi connectivity index (χ2v) is 4.00. The zero-order valence-corrected chi connectivity index (χ0v) is 8.54. The molecule has 1 saturated heterocycles. The molecule has 1 heterocycles. The molecule has 1 aliphatic rings. The summed E-state index contributed by atoms with van der Waals surface area (Å²) in [5.41, 5.74) is 0. The number of hydrogen-bond acceptors (Lipinski definition) is 2. The summed E-state index contributed by atoms with van der Waals surface area (Å²) >= 11 is 0. The molecule has 1 aliphatic heterocycles. The first kappa shape index (κ1) is 10.2. The average Bonchev–Trinajstić information content (AvgIpc) is 2.29. The van der Waals surface area contributed by atoms with E-state index in [4.69, 9.17) is 0 Å². The monoisotopic (exact) mass is 183 g/mol. The predicted molar refractivity (Wildman–Crippen MR) is 50.2 cm³/mol. The largest absolute Gasteiger partial charge is 0.342 e. The number of ketones is 1. The van der Waals surface area contributed by atoms with Crippen LogP contribution in [0.1, 0.15) is 27.2 Å². The summed E-state index contributed by atoms with van der Waals surface area (Å²) in [6.07, 6.45) is 0.491. The molecule has 0 saturated carbocycles. The van der Waals surface area contributed by atoms with Gasteiger partial charge >= 0.3 is 0 Å². The van der Waals surface area contributed by atoms with Gasteiger partial charge in [0.2, 0.25) is 5.91 Å². The molecule has 0 spiro atoms. The molecule has 2 unspecified atom stereocenters. The fourth-order valence-corrected chi connectivity index (χ4v) is 1.62. The molecule has 1 rings (SSSR count). The molecule has 13 heavy (non-hydrogen) atoms. The molecule has 0 bridgehead atoms. The van der Waals surface area contributed by atoms with E-state index in [-0.39, 0.29) is 17.6 Å². The van der Waals surface area contributed by atoms with E-state index >= 15 is 0 Å². The van der Waals surface area contributed by atoms with Gasteiger partial charge in [-0.1, -0.05) is 13.8 Å². The van der Waals surface area contributed by atoms with Crippen LogP contribution >= 0.6 is 0 Å². The predicted octanol–water partition coefficient (Wildman–Crippen LogP) is 1.08. The fourth-order valence-electron chi connectivity index (χ4n) is 1.62. The van der Waals surface area contributed by atoms with Crippen molar-refractivity contribution < 1.29 is 9.59 Å². The lowest BCUT2D eigenvalue weighted by atomic mass is 10.0. The second-order valence-electron chi connectivity index (χ2n) is 4.00. The molecule has 0 N–H and O–H groups in total. The van der Waals surface area contributed by atoms with Gasteiger partial charge in [-0.15, -0.1) is 0 Å². The Morgan fingerprint density at radius 1 is 1.54 bits per heavy atom. The molecule has 74 valence electrons. The normalized spacial score (nSPS) is 28.2. The lowest BCUT2D eigenvalue weighted by molar-refractivity contribution is -0.131. The molecule has 2 atom stereocenters. The molecular weight excluding hydrogens is 166 g/mol. The Hall–Kier alpha value is -0.860. The molecular formula is C10H17NO2. The van der Waals surface area contributed by atoms with E-state index in [0.29, 0.717) is 18.9 Å². The maximum absolute atomic E-state index is 11.5. The van der Waals surface area contributed by atoms with Gasteiger partial charge in [0, 0.05) is 25.4 Å². The minimum atomic E-state index is 0.131. The van der Waals surface area contributed by atoms with Crippen LogP contribution in [0.3, 0.4) is 0 Å². The summed E-state index contributed by atoms with van der Waals surface area (Å²) in [5.74, 6) is 0.917. The van der Waals surface area contributed by atoms with E-state index < -0.39 is 0 Å². The van der Waals surface area contributed by atoms with Gasteiger partial charge < -0.3 is 4.90 Å². The van der Waals surface area contributed by atoms with Gasteiger partial charge in [-0.05, 0) is 12.8 Å². The third kappa shape index (κ3) is 2.29. The summed E-state index contributed by atoms with van der Waals surface area (Å²) in [5, 5.41) is 0. The molecule has 3 heteroatoms. The summed E-state index contributed by atoms with van der Waals surface area (Å²) in [6, 6.07) is 0. The summed E-state index contributed by atoms with van der Waals surface area (Å²) in [4.78, 5) is 24.1. The Kier molecular flexibility index (Phi) is 3.07. The standard InChI is InChI=1S/C10H17NO2/c1-7-6-11(5-4-8(2)12)10(13)9(7)3/h7,9H,4-6H2,1-3H3. The van der Waals surface area contributed by atoms with Crippen LogP contribution in [0.4, 0.5) is 0 Å². The first-order valence-electron chi connectivity index (χ1n) is 4.80. The van der Waals surface area contributed by atoms with Crippen LogP contribution in [-0.4, -0.2) is 29.7 Å². The number of nitrogens with zero attached hydrogens (tertiary/aromatic N) is 1. The van der Waals surface area contributed by atoms with Crippen LogP contribution in [0.15, 0.2) is 0 Å². The van der Waals surface area contributed by atoms with E-state index in [1.54, 1.807) is 11.8 Å². The molecule has 0 aromatic rings. The third-order valence-corrected chi connectivity index (χ3v) is 2.80. The van der Waals surface area contributed by atoms with Crippen molar-refractivity contribution >= 4 is 11.7 Å². The summed E-state index contributed by atoms with van der Waals surface area (Å²) in [6.45, 7) is 7.01. The number of rotatable bonds is 3. The number of hydrogen-bond donors (Lipinski definition) is 0. The van der Waals surface area contributed by atoms with Crippen LogP contribution < -0.4 is 0 Å². The van der Waals surface area contributed by atoms with Gasteiger partial charge in [-0.2, -0.15) is 0 Å². The van der Waals surface area contributed by atoms with Crippen molar-refractivity contribution in [2.75, 3.05) is 13.1 Å². The van der Waals surface area contributed by atoms with Crippen LogP contribution in [-0.2, 0) is 9.59 Å². The van der Waals surface area contributed by atoms with Crippen LogP contribution in [0.25, 0.3) is 0 Å². The zero-order valence-electron chi connectivity index (χ0n) is 8.54. The Morgan fingerprint density at radius 2 is 2.15 bits per heavy atom. The van der Waals surface area contributed by atoms with Gasteiger partial charge in [0.25, 0.3) is 0 Å². The van der Waals surface area contributed by atoms with Gasteiger partial charge in [-0.25, -0.2) is 0 Å². The lowest BCUT2D eigenvalue weighted by Gasteiger charge is -2.14. The van der Waals surface area contributed by atoms with Crippen molar-refractivity contribution in [3.63, 3.8) is 0 Å². The highest BCUT2D eigenvalue weighted by molar-refractivity contribution is 5.82. The lowest BCUT2D eigenvalue weighted by Crippen LogP contribution is -2.28. The molecule has 0 aromatic heterocycles. The quantitative estimate of drug-likeness (QED) is 0.656. The van der Waals surface area contributed by atoms with Crippen molar-refractivity contribution in [3.8, 4) is 0 Å². The Balaban J connectivity index is 2.44. The Labute approximate surface area is 79.1 Å². The van der Waals surface area contributed by atoms with Gasteiger partial charge in [-0.3, -0.25) is 9.59 Å². The minimum absolute atomic E-state index is 0.131. The second kappa shape index (κ2) is 3.90.